The maximum Gasteiger partial charge on any atom is 0.264 e. The zero-order valence-electron chi connectivity index (χ0n) is 18.3. The molecule has 2 amide bonds. The minimum atomic E-state index is -0.0311. The monoisotopic (exact) mass is 455 g/mol. The Morgan fingerprint density at radius 2 is 1.97 bits per heavy atom. The molecule has 1 saturated heterocycles. The Bertz CT molecular complexity index is 1140. The fourth-order valence-electron chi connectivity index (χ4n) is 3.86. The minimum Gasteiger partial charge on any atom is -0.493 e. The van der Waals surface area contributed by atoms with Gasteiger partial charge in [-0.1, -0.05) is 12.1 Å². The van der Waals surface area contributed by atoms with Crippen LogP contribution in [0.25, 0.3) is 10.2 Å². The predicted molar refractivity (Wildman–Crippen MR) is 123 cm³/mol. The van der Waals surface area contributed by atoms with Gasteiger partial charge in [0.15, 0.2) is 11.5 Å². The average molecular weight is 456 g/mol. The van der Waals surface area contributed by atoms with Crippen LogP contribution in [0.2, 0.25) is 0 Å². The molecule has 0 atom stereocenters. The molecule has 1 N–H and O–H groups in total. The Labute approximate surface area is 190 Å². The standard InChI is InChI=1S/C22H25N5O4S/c1-14-17-20(23-11-15-5-4-6-16(30-2)18(15)31-3)24-12-25-21(17)32-19(14)22(29)27-9-7-26(13-28)8-10-27/h4-6,12-13H,7-11H2,1-3H3,(H,23,24,25). The average Bonchev–Trinajstić information content (AvgIpc) is 3.18. The molecule has 4 rings (SSSR count). The summed E-state index contributed by atoms with van der Waals surface area (Å²) in [5, 5.41) is 4.21. The SMILES string of the molecule is COc1cccc(CNc2ncnc3sc(C(=O)N4CCN(C=O)CC4)c(C)c23)c1OC. The van der Waals surface area contributed by atoms with Gasteiger partial charge in [0, 0.05) is 38.3 Å². The molecule has 10 heteroatoms. The first kappa shape index (κ1) is 21.8. The number of aromatic nitrogens is 2. The third-order valence-corrected chi connectivity index (χ3v) is 6.79. The van der Waals surface area contributed by atoms with Crippen LogP contribution in [0.4, 0.5) is 5.82 Å². The van der Waals surface area contributed by atoms with Crippen molar-refractivity contribution in [2.24, 2.45) is 0 Å². The van der Waals surface area contributed by atoms with Crippen molar-refractivity contribution < 1.29 is 19.1 Å². The van der Waals surface area contributed by atoms with E-state index in [0.29, 0.717) is 54.9 Å². The first-order valence-corrected chi connectivity index (χ1v) is 11.1. The molecule has 1 fully saturated rings. The smallest absolute Gasteiger partial charge is 0.264 e. The number of piperazine rings is 1. The maximum atomic E-state index is 13.2. The number of benzene rings is 1. The lowest BCUT2D eigenvalue weighted by Gasteiger charge is -2.32. The molecule has 1 aromatic carbocycles. The Kier molecular flexibility index (Phi) is 6.40. The summed E-state index contributed by atoms with van der Waals surface area (Å²) in [6, 6.07) is 5.72. The number of nitrogens with one attached hydrogen (secondary N) is 1. The van der Waals surface area contributed by atoms with Crippen molar-refractivity contribution in [1.82, 2.24) is 19.8 Å². The third kappa shape index (κ3) is 4.05. The van der Waals surface area contributed by atoms with Gasteiger partial charge in [0.25, 0.3) is 5.91 Å². The van der Waals surface area contributed by atoms with Crippen molar-refractivity contribution in [1.29, 1.82) is 0 Å². The number of hydrogen-bond donors (Lipinski definition) is 1. The van der Waals surface area contributed by atoms with E-state index in [1.165, 1.54) is 17.7 Å². The molecule has 2 aromatic heterocycles. The van der Waals surface area contributed by atoms with Gasteiger partial charge in [0.1, 0.15) is 17.0 Å². The quantitative estimate of drug-likeness (QED) is 0.547. The Balaban J connectivity index is 1.59. The predicted octanol–water partition coefficient (Wildman–Crippen LogP) is 2.54. The fourth-order valence-corrected chi connectivity index (χ4v) is 4.97. The molecule has 9 nitrogen and oxygen atoms in total. The number of nitrogens with zero attached hydrogens (tertiary/aromatic N) is 4. The Morgan fingerprint density at radius 1 is 1.19 bits per heavy atom. The summed E-state index contributed by atoms with van der Waals surface area (Å²) in [4.78, 5) is 37.8. The van der Waals surface area contributed by atoms with Crippen LogP contribution in [0.5, 0.6) is 11.5 Å². The van der Waals surface area contributed by atoms with E-state index in [0.717, 1.165) is 27.8 Å². The largest absolute Gasteiger partial charge is 0.493 e. The molecule has 1 aliphatic heterocycles. The number of fused-ring (bicyclic) bond motifs is 1. The number of methoxy groups -OCH3 is 2. The summed E-state index contributed by atoms with van der Waals surface area (Å²) in [6.45, 7) is 4.55. The molecular weight excluding hydrogens is 430 g/mol. The van der Waals surface area contributed by atoms with Crippen molar-refractivity contribution in [2.75, 3.05) is 45.7 Å². The molecular formula is C22H25N5O4S. The highest BCUT2D eigenvalue weighted by molar-refractivity contribution is 7.20. The number of amides is 2. The van der Waals surface area contributed by atoms with E-state index in [9.17, 15) is 9.59 Å². The zero-order chi connectivity index (χ0) is 22.7. The summed E-state index contributed by atoms with van der Waals surface area (Å²) in [7, 11) is 3.22. The van der Waals surface area contributed by atoms with Gasteiger partial charge < -0.3 is 24.6 Å². The van der Waals surface area contributed by atoms with Gasteiger partial charge in [-0.2, -0.15) is 0 Å². The molecule has 0 radical (unpaired) electrons. The van der Waals surface area contributed by atoms with Gasteiger partial charge in [0.05, 0.1) is 24.5 Å². The second kappa shape index (κ2) is 9.39. The molecule has 0 bridgehead atoms. The maximum absolute atomic E-state index is 13.2. The van der Waals surface area contributed by atoms with Gasteiger partial charge in [-0.15, -0.1) is 11.3 Å². The minimum absolute atomic E-state index is 0.0311. The van der Waals surface area contributed by atoms with E-state index >= 15 is 0 Å². The van der Waals surface area contributed by atoms with Crippen LogP contribution in [0.1, 0.15) is 20.8 Å². The van der Waals surface area contributed by atoms with Crippen LogP contribution in [-0.2, 0) is 11.3 Å². The molecule has 0 aliphatic carbocycles. The highest BCUT2D eigenvalue weighted by atomic mass is 32.1. The van der Waals surface area contributed by atoms with Crippen LogP contribution in [0.3, 0.4) is 0 Å². The molecule has 3 heterocycles. The number of anilines is 1. The van der Waals surface area contributed by atoms with Crippen LogP contribution < -0.4 is 14.8 Å². The summed E-state index contributed by atoms with van der Waals surface area (Å²) in [5.74, 6) is 1.96. The second-order valence-electron chi connectivity index (χ2n) is 7.40. The van der Waals surface area contributed by atoms with Crippen LogP contribution in [-0.4, -0.2) is 72.5 Å². The number of para-hydroxylation sites is 1. The van der Waals surface area contributed by atoms with E-state index in [4.69, 9.17) is 9.47 Å². The topological polar surface area (TPSA) is 96.9 Å². The summed E-state index contributed by atoms with van der Waals surface area (Å²) in [5.41, 5.74) is 1.78. The van der Waals surface area contributed by atoms with Crippen molar-refractivity contribution >= 4 is 39.7 Å². The van der Waals surface area contributed by atoms with E-state index in [2.05, 4.69) is 15.3 Å². The van der Waals surface area contributed by atoms with Gasteiger partial charge >= 0.3 is 0 Å². The van der Waals surface area contributed by atoms with Crippen LogP contribution >= 0.6 is 11.3 Å². The summed E-state index contributed by atoms with van der Waals surface area (Å²) < 4.78 is 10.9. The Morgan fingerprint density at radius 3 is 2.66 bits per heavy atom. The van der Waals surface area contributed by atoms with E-state index < -0.39 is 0 Å². The lowest BCUT2D eigenvalue weighted by molar-refractivity contribution is -0.119. The third-order valence-electron chi connectivity index (χ3n) is 5.60. The van der Waals surface area contributed by atoms with Gasteiger partial charge in [-0.05, 0) is 18.6 Å². The molecule has 0 unspecified atom stereocenters. The van der Waals surface area contributed by atoms with E-state index in [-0.39, 0.29) is 5.91 Å². The molecule has 32 heavy (non-hydrogen) atoms. The molecule has 0 spiro atoms. The van der Waals surface area contributed by atoms with Crippen molar-refractivity contribution in [3.05, 3.63) is 40.5 Å². The number of carbonyl (C=O) groups is 2. The zero-order valence-corrected chi connectivity index (χ0v) is 19.1. The van der Waals surface area contributed by atoms with Gasteiger partial charge in [0.2, 0.25) is 6.41 Å². The van der Waals surface area contributed by atoms with E-state index in [1.807, 2.05) is 25.1 Å². The molecule has 1 aliphatic rings. The van der Waals surface area contributed by atoms with Crippen LogP contribution in [0.15, 0.2) is 24.5 Å². The number of aryl methyl sites for hydroxylation is 1. The van der Waals surface area contributed by atoms with E-state index in [1.54, 1.807) is 24.0 Å². The van der Waals surface area contributed by atoms with Crippen molar-refractivity contribution in [2.45, 2.75) is 13.5 Å². The summed E-state index contributed by atoms with van der Waals surface area (Å²) >= 11 is 1.37. The van der Waals surface area contributed by atoms with Gasteiger partial charge in [-0.25, -0.2) is 9.97 Å². The molecule has 0 saturated carbocycles. The molecule has 168 valence electrons. The number of ether oxygens (including phenoxy) is 2. The number of hydrogen-bond acceptors (Lipinski definition) is 8. The highest BCUT2D eigenvalue weighted by Gasteiger charge is 2.26. The van der Waals surface area contributed by atoms with Crippen molar-refractivity contribution in [3.63, 3.8) is 0 Å². The van der Waals surface area contributed by atoms with Gasteiger partial charge in [-0.3, -0.25) is 9.59 Å². The lowest BCUT2D eigenvalue weighted by Crippen LogP contribution is -2.48. The van der Waals surface area contributed by atoms with Crippen LogP contribution in [0, 0.1) is 6.92 Å². The number of rotatable bonds is 7. The molecule has 3 aromatic rings. The number of thiophene rings is 1. The summed E-state index contributed by atoms with van der Waals surface area (Å²) in [6.07, 6.45) is 2.33. The fraction of sp³-hybridized carbons (Fsp3) is 0.364. The first-order chi connectivity index (χ1) is 15.6. The first-order valence-electron chi connectivity index (χ1n) is 10.2. The number of carbonyl (C=O) groups excluding carboxylic acids is 2. The Hall–Kier alpha value is -3.40. The van der Waals surface area contributed by atoms with Crippen molar-refractivity contribution in [3.8, 4) is 11.5 Å². The lowest BCUT2D eigenvalue weighted by atomic mass is 10.1. The highest BCUT2D eigenvalue weighted by Crippen LogP contribution is 2.35. The second-order valence-corrected chi connectivity index (χ2v) is 8.40. The normalized spacial score (nSPS) is 13.8.